The van der Waals surface area contributed by atoms with Gasteiger partial charge in [-0.1, -0.05) is 13.8 Å². The number of thiazole rings is 1. The van der Waals surface area contributed by atoms with Gasteiger partial charge in [-0.2, -0.15) is 0 Å². The van der Waals surface area contributed by atoms with Gasteiger partial charge in [-0.05, 0) is 12.3 Å². The van der Waals surface area contributed by atoms with Gasteiger partial charge in [0.2, 0.25) is 0 Å². The Morgan fingerprint density at radius 2 is 2.32 bits per heavy atom. The van der Waals surface area contributed by atoms with Crippen LogP contribution in [0.5, 0.6) is 0 Å². The molecule has 0 radical (unpaired) electrons. The number of rotatable bonds is 8. The Balaban J connectivity index is 0.00000324. The minimum atomic E-state index is -0.144. The monoisotopic (exact) mass is 307 g/mol. The van der Waals surface area contributed by atoms with Gasteiger partial charge >= 0.3 is 0 Å². The van der Waals surface area contributed by atoms with Crippen LogP contribution < -0.4 is 11.1 Å². The Bertz CT molecular complexity index is 372. The molecule has 0 spiro atoms. The normalized spacial score (nSPS) is 10.3. The van der Waals surface area contributed by atoms with Crippen molar-refractivity contribution in [3.63, 3.8) is 0 Å². The lowest BCUT2D eigenvalue weighted by atomic mass is 10.2. The molecule has 7 heteroatoms. The molecule has 1 aromatic heterocycles. The van der Waals surface area contributed by atoms with Crippen molar-refractivity contribution in [2.75, 3.05) is 19.8 Å². The van der Waals surface area contributed by atoms with E-state index in [-0.39, 0.29) is 18.3 Å². The number of nitrogens with two attached hydrogens (primary N) is 1. The lowest BCUT2D eigenvalue weighted by Crippen LogP contribution is -2.25. The molecule has 5 nitrogen and oxygen atoms in total. The standard InChI is InChI=1S/C12H21N3O2S.ClH/c1-9(2)7-17-5-3-4-14-12(16)10-8-18-11(6-13)15-10;/h8-9H,3-7,13H2,1-2H3,(H,14,16);1H. The number of nitrogens with zero attached hydrogens (tertiary/aromatic N) is 1. The molecule has 3 N–H and O–H groups in total. The average Bonchev–Trinajstić information content (AvgIpc) is 2.81. The van der Waals surface area contributed by atoms with E-state index >= 15 is 0 Å². The zero-order chi connectivity index (χ0) is 13.4. The molecule has 0 aliphatic heterocycles. The van der Waals surface area contributed by atoms with E-state index in [0.29, 0.717) is 31.3 Å². The zero-order valence-corrected chi connectivity index (χ0v) is 13.0. The Labute approximate surface area is 124 Å². The predicted molar refractivity (Wildman–Crippen MR) is 79.9 cm³/mol. The van der Waals surface area contributed by atoms with Crippen molar-refractivity contribution in [3.8, 4) is 0 Å². The van der Waals surface area contributed by atoms with Gasteiger partial charge in [0.15, 0.2) is 0 Å². The molecule has 0 saturated carbocycles. The molecule has 0 fully saturated rings. The molecule has 110 valence electrons. The predicted octanol–water partition coefficient (Wildman–Crippen LogP) is 1.82. The third kappa shape index (κ3) is 7.47. The molecule has 0 aromatic carbocycles. The minimum Gasteiger partial charge on any atom is -0.381 e. The van der Waals surface area contributed by atoms with Crippen molar-refractivity contribution in [2.45, 2.75) is 26.8 Å². The Hall–Kier alpha value is -0.690. The van der Waals surface area contributed by atoms with Crippen LogP contribution in [-0.2, 0) is 11.3 Å². The maximum absolute atomic E-state index is 11.7. The fraction of sp³-hybridized carbons (Fsp3) is 0.667. The molecule has 1 amide bonds. The van der Waals surface area contributed by atoms with Gasteiger partial charge in [0.25, 0.3) is 5.91 Å². The zero-order valence-electron chi connectivity index (χ0n) is 11.3. The summed E-state index contributed by atoms with van der Waals surface area (Å²) in [5, 5.41) is 5.32. The van der Waals surface area contributed by atoms with Crippen molar-refractivity contribution in [2.24, 2.45) is 11.7 Å². The number of amides is 1. The molecule has 1 heterocycles. The second-order valence-electron chi connectivity index (χ2n) is 4.41. The third-order valence-electron chi connectivity index (χ3n) is 2.16. The van der Waals surface area contributed by atoms with Crippen LogP contribution in [0.4, 0.5) is 0 Å². The van der Waals surface area contributed by atoms with Gasteiger partial charge in [0, 0.05) is 31.7 Å². The number of carbonyl (C=O) groups excluding carboxylic acids is 1. The molecular weight excluding hydrogens is 286 g/mol. The van der Waals surface area contributed by atoms with E-state index in [1.807, 2.05) is 0 Å². The van der Waals surface area contributed by atoms with Crippen LogP contribution in [0.1, 0.15) is 35.8 Å². The van der Waals surface area contributed by atoms with Crippen LogP contribution in [0.25, 0.3) is 0 Å². The smallest absolute Gasteiger partial charge is 0.270 e. The highest BCUT2D eigenvalue weighted by molar-refractivity contribution is 7.09. The molecule has 0 saturated heterocycles. The van der Waals surface area contributed by atoms with Crippen molar-refractivity contribution >= 4 is 29.7 Å². The summed E-state index contributed by atoms with van der Waals surface area (Å²) in [5.74, 6) is 0.402. The molecule has 1 aromatic rings. The molecular formula is C12H22ClN3O2S. The van der Waals surface area contributed by atoms with Crippen LogP contribution in [0.2, 0.25) is 0 Å². The summed E-state index contributed by atoms with van der Waals surface area (Å²) >= 11 is 1.41. The van der Waals surface area contributed by atoms with E-state index in [1.54, 1.807) is 5.38 Å². The maximum atomic E-state index is 11.7. The number of nitrogens with one attached hydrogen (secondary N) is 1. The molecule has 0 aliphatic carbocycles. The number of aromatic nitrogens is 1. The number of hydrogen-bond acceptors (Lipinski definition) is 5. The Kier molecular flexibility index (Phi) is 9.77. The highest BCUT2D eigenvalue weighted by Crippen LogP contribution is 2.08. The summed E-state index contributed by atoms with van der Waals surface area (Å²) in [6.07, 6.45) is 0.812. The Morgan fingerprint density at radius 3 is 2.89 bits per heavy atom. The average molecular weight is 308 g/mol. The topological polar surface area (TPSA) is 77.2 Å². The van der Waals surface area contributed by atoms with Crippen LogP contribution in [0.15, 0.2) is 5.38 Å². The number of halogens is 1. The van der Waals surface area contributed by atoms with Gasteiger partial charge < -0.3 is 15.8 Å². The lowest BCUT2D eigenvalue weighted by molar-refractivity contribution is 0.0921. The first-order chi connectivity index (χ1) is 8.63. The van der Waals surface area contributed by atoms with Crippen LogP contribution in [0, 0.1) is 5.92 Å². The first kappa shape index (κ1) is 18.3. The molecule has 1 rings (SSSR count). The first-order valence-corrected chi connectivity index (χ1v) is 7.02. The van der Waals surface area contributed by atoms with Gasteiger partial charge in [0.1, 0.15) is 10.7 Å². The van der Waals surface area contributed by atoms with E-state index in [2.05, 4.69) is 24.1 Å². The van der Waals surface area contributed by atoms with E-state index in [9.17, 15) is 4.79 Å². The SMILES string of the molecule is CC(C)COCCCNC(=O)c1csc(CN)n1.Cl. The first-order valence-electron chi connectivity index (χ1n) is 6.14. The van der Waals surface area contributed by atoms with Crippen molar-refractivity contribution < 1.29 is 9.53 Å². The van der Waals surface area contributed by atoms with Crippen LogP contribution in [-0.4, -0.2) is 30.6 Å². The van der Waals surface area contributed by atoms with Crippen molar-refractivity contribution in [1.29, 1.82) is 0 Å². The van der Waals surface area contributed by atoms with Crippen LogP contribution >= 0.6 is 23.7 Å². The van der Waals surface area contributed by atoms with Gasteiger partial charge in [-0.15, -0.1) is 23.7 Å². The van der Waals surface area contributed by atoms with Crippen molar-refractivity contribution in [3.05, 3.63) is 16.1 Å². The van der Waals surface area contributed by atoms with Gasteiger partial charge in [-0.3, -0.25) is 4.79 Å². The highest BCUT2D eigenvalue weighted by atomic mass is 35.5. The fourth-order valence-corrected chi connectivity index (χ4v) is 1.95. The fourth-order valence-electron chi connectivity index (χ4n) is 1.29. The summed E-state index contributed by atoms with van der Waals surface area (Å²) in [5.41, 5.74) is 5.89. The molecule has 19 heavy (non-hydrogen) atoms. The summed E-state index contributed by atoms with van der Waals surface area (Å²) in [6.45, 7) is 6.63. The largest absolute Gasteiger partial charge is 0.381 e. The molecule has 0 atom stereocenters. The molecule has 0 unspecified atom stereocenters. The lowest BCUT2D eigenvalue weighted by Gasteiger charge is -2.07. The van der Waals surface area contributed by atoms with E-state index in [1.165, 1.54) is 11.3 Å². The summed E-state index contributed by atoms with van der Waals surface area (Å²) < 4.78 is 5.42. The van der Waals surface area contributed by atoms with Crippen LogP contribution in [0.3, 0.4) is 0 Å². The summed E-state index contributed by atoms with van der Waals surface area (Å²) in [4.78, 5) is 15.8. The summed E-state index contributed by atoms with van der Waals surface area (Å²) in [6, 6.07) is 0. The highest BCUT2D eigenvalue weighted by Gasteiger charge is 2.08. The van der Waals surface area contributed by atoms with E-state index in [4.69, 9.17) is 10.5 Å². The quantitative estimate of drug-likeness (QED) is 0.718. The second-order valence-corrected chi connectivity index (χ2v) is 5.35. The van der Waals surface area contributed by atoms with Gasteiger partial charge in [0.05, 0.1) is 0 Å². The second kappa shape index (κ2) is 10.1. The van der Waals surface area contributed by atoms with E-state index < -0.39 is 0 Å². The summed E-state index contributed by atoms with van der Waals surface area (Å²) in [7, 11) is 0. The van der Waals surface area contributed by atoms with E-state index in [0.717, 1.165) is 18.0 Å². The number of hydrogen-bond donors (Lipinski definition) is 2. The number of carbonyl (C=O) groups is 1. The Morgan fingerprint density at radius 1 is 1.58 bits per heavy atom. The molecule has 0 bridgehead atoms. The third-order valence-corrected chi connectivity index (χ3v) is 3.03. The maximum Gasteiger partial charge on any atom is 0.270 e. The molecule has 0 aliphatic rings. The van der Waals surface area contributed by atoms with Crippen molar-refractivity contribution in [1.82, 2.24) is 10.3 Å². The minimum absolute atomic E-state index is 0. The van der Waals surface area contributed by atoms with Gasteiger partial charge in [-0.25, -0.2) is 4.98 Å². The number of ether oxygens (including phenoxy) is 1.